The monoisotopic (exact) mass is 196 g/mol. The number of nitro groups is 1. The van der Waals surface area contributed by atoms with Crippen LogP contribution in [0.25, 0.3) is 10.2 Å². The summed E-state index contributed by atoms with van der Waals surface area (Å²) in [7, 11) is 0. The Bertz CT molecular complexity index is 528. The minimum atomic E-state index is -0.502. The highest BCUT2D eigenvalue weighted by atomic mass is 32.1. The first kappa shape index (κ1) is 7.93. The molecule has 0 aliphatic carbocycles. The van der Waals surface area contributed by atoms with E-state index in [-0.39, 0.29) is 10.4 Å². The van der Waals surface area contributed by atoms with Crippen molar-refractivity contribution in [2.24, 2.45) is 0 Å². The number of fused-ring (bicyclic) bond motifs is 1. The molecule has 2 rings (SSSR count). The molecule has 0 aliphatic heterocycles. The zero-order valence-electron chi connectivity index (χ0n) is 6.31. The van der Waals surface area contributed by atoms with Crippen molar-refractivity contribution in [2.45, 2.75) is 0 Å². The van der Waals surface area contributed by atoms with E-state index in [4.69, 9.17) is 0 Å². The lowest BCUT2D eigenvalue weighted by Crippen LogP contribution is -1.96. The summed E-state index contributed by atoms with van der Waals surface area (Å²) in [6.07, 6.45) is 1.48. The Morgan fingerprint density at radius 1 is 1.54 bits per heavy atom. The Kier molecular flexibility index (Phi) is 1.63. The zero-order valence-corrected chi connectivity index (χ0v) is 7.13. The number of pyridine rings is 1. The Morgan fingerprint density at radius 2 is 2.31 bits per heavy atom. The summed E-state index contributed by atoms with van der Waals surface area (Å²) >= 11 is 0.965. The van der Waals surface area contributed by atoms with Gasteiger partial charge in [0.05, 0.1) is 10.3 Å². The Balaban J connectivity index is 2.83. The number of H-pyrrole nitrogens is 1. The van der Waals surface area contributed by atoms with Crippen LogP contribution in [-0.4, -0.2) is 9.91 Å². The summed E-state index contributed by atoms with van der Waals surface area (Å²) in [5.41, 5.74) is -0.196. The molecule has 6 heteroatoms. The predicted octanol–water partition coefficient (Wildman–Crippen LogP) is 1.50. The first-order valence-electron chi connectivity index (χ1n) is 3.44. The highest BCUT2D eigenvalue weighted by Crippen LogP contribution is 2.27. The molecule has 66 valence electrons. The second kappa shape index (κ2) is 2.67. The van der Waals surface area contributed by atoms with Crippen molar-refractivity contribution in [1.29, 1.82) is 0 Å². The van der Waals surface area contributed by atoms with E-state index >= 15 is 0 Å². The van der Waals surface area contributed by atoms with Gasteiger partial charge in [-0.2, -0.15) is 0 Å². The molecule has 0 saturated heterocycles. The summed E-state index contributed by atoms with van der Waals surface area (Å²) in [6.45, 7) is 0. The number of thiophene rings is 1. The van der Waals surface area contributed by atoms with E-state index in [9.17, 15) is 14.9 Å². The van der Waals surface area contributed by atoms with Gasteiger partial charge in [0.1, 0.15) is 4.83 Å². The molecule has 0 unspecified atom stereocenters. The number of nitrogens with one attached hydrogen (secondary N) is 1. The molecule has 0 aromatic carbocycles. The van der Waals surface area contributed by atoms with Crippen LogP contribution in [0.3, 0.4) is 0 Å². The average Bonchev–Trinajstić information content (AvgIpc) is 2.49. The number of rotatable bonds is 1. The maximum atomic E-state index is 11.2. The van der Waals surface area contributed by atoms with Gasteiger partial charge in [0, 0.05) is 18.3 Å². The quantitative estimate of drug-likeness (QED) is 0.554. The van der Waals surface area contributed by atoms with Crippen molar-refractivity contribution in [3.8, 4) is 0 Å². The van der Waals surface area contributed by atoms with Crippen molar-refractivity contribution in [3.05, 3.63) is 38.7 Å². The van der Waals surface area contributed by atoms with Crippen LogP contribution in [0.5, 0.6) is 0 Å². The molecular weight excluding hydrogens is 192 g/mol. The Labute approximate surface area is 75.8 Å². The maximum Gasteiger partial charge on any atom is 0.326 e. The maximum absolute atomic E-state index is 11.2. The molecule has 13 heavy (non-hydrogen) atoms. The fraction of sp³-hybridized carbons (Fsp3) is 0. The lowest BCUT2D eigenvalue weighted by atomic mass is 10.3. The molecule has 0 fully saturated rings. The third-order valence-electron chi connectivity index (χ3n) is 1.61. The molecule has 2 aromatic heterocycles. The van der Waals surface area contributed by atoms with Crippen molar-refractivity contribution in [3.63, 3.8) is 0 Å². The molecule has 2 heterocycles. The molecule has 0 aliphatic rings. The molecule has 1 N–H and O–H groups in total. The molecule has 0 atom stereocenters. The number of aromatic nitrogens is 1. The lowest BCUT2D eigenvalue weighted by molar-refractivity contribution is -0.380. The highest BCUT2D eigenvalue weighted by molar-refractivity contribution is 7.21. The molecule has 5 nitrogen and oxygen atoms in total. The van der Waals surface area contributed by atoms with E-state index in [1.54, 1.807) is 0 Å². The van der Waals surface area contributed by atoms with E-state index in [1.165, 1.54) is 18.3 Å². The number of hydrogen-bond acceptors (Lipinski definition) is 4. The van der Waals surface area contributed by atoms with Crippen LogP contribution in [-0.2, 0) is 0 Å². The van der Waals surface area contributed by atoms with Gasteiger partial charge in [0.2, 0.25) is 0 Å². The summed E-state index contributed by atoms with van der Waals surface area (Å²) in [5, 5.41) is 10.7. The van der Waals surface area contributed by atoms with E-state index in [2.05, 4.69) is 4.98 Å². The van der Waals surface area contributed by atoms with Gasteiger partial charge in [-0.25, -0.2) is 0 Å². The van der Waals surface area contributed by atoms with Gasteiger partial charge in [-0.15, -0.1) is 0 Å². The normalized spacial score (nSPS) is 10.5. The van der Waals surface area contributed by atoms with E-state index in [0.29, 0.717) is 10.2 Å². The smallest absolute Gasteiger partial charge is 0.326 e. The SMILES string of the molecule is O=c1cc[nH]c2sc([N+](=O)[O-])cc12. The van der Waals surface area contributed by atoms with Gasteiger partial charge in [-0.1, -0.05) is 0 Å². The molecular formula is C7H4N2O3S. The van der Waals surface area contributed by atoms with Crippen LogP contribution in [0.4, 0.5) is 5.00 Å². The predicted molar refractivity (Wildman–Crippen MR) is 49.1 cm³/mol. The van der Waals surface area contributed by atoms with Crippen LogP contribution in [0.2, 0.25) is 0 Å². The summed E-state index contributed by atoms with van der Waals surface area (Å²) in [6, 6.07) is 2.64. The summed E-state index contributed by atoms with van der Waals surface area (Å²) in [4.78, 5) is 24.4. The van der Waals surface area contributed by atoms with Crippen LogP contribution in [0.15, 0.2) is 23.1 Å². The van der Waals surface area contributed by atoms with Crippen LogP contribution in [0.1, 0.15) is 0 Å². The van der Waals surface area contributed by atoms with Crippen LogP contribution in [0, 0.1) is 10.1 Å². The minimum absolute atomic E-state index is 0.0189. The largest absolute Gasteiger partial charge is 0.353 e. The standard InChI is InChI=1S/C7H4N2O3S/c10-5-1-2-8-7-4(5)3-6(13-7)9(11)12/h1-3H,(H,8,10). The van der Waals surface area contributed by atoms with E-state index in [0.717, 1.165) is 11.3 Å². The molecule has 0 spiro atoms. The zero-order chi connectivity index (χ0) is 9.42. The van der Waals surface area contributed by atoms with Crippen molar-refractivity contribution >= 4 is 26.6 Å². The van der Waals surface area contributed by atoms with Gasteiger partial charge in [0.25, 0.3) is 0 Å². The van der Waals surface area contributed by atoms with Crippen molar-refractivity contribution in [2.75, 3.05) is 0 Å². The number of hydrogen-bond donors (Lipinski definition) is 1. The van der Waals surface area contributed by atoms with Gasteiger partial charge in [-0.3, -0.25) is 14.9 Å². The highest BCUT2D eigenvalue weighted by Gasteiger charge is 2.12. The Hall–Kier alpha value is -1.69. The van der Waals surface area contributed by atoms with Crippen molar-refractivity contribution < 1.29 is 4.92 Å². The van der Waals surface area contributed by atoms with Gasteiger partial charge in [0.15, 0.2) is 5.43 Å². The second-order valence-electron chi connectivity index (χ2n) is 2.43. The van der Waals surface area contributed by atoms with Crippen molar-refractivity contribution in [1.82, 2.24) is 4.98 Å². The molecule has 0 amide bonds. The van der Waals surface area contributed by atoms with Crippen LogP contribution >= 0.6 is 11.3 Å². The molecule has 2 aromatic rings. The molecule has 0 saturated carbocycles. The van der Waals surface area contributed by atoms with Gasteiger partial charge in [-0.05, 0) is 11.3 Å². The Morgan fingerprint density at radius 3 is 2.92 bits per heavy atom. The van der Waals surface area contributed by atoms with E-state index in [1.807, 2.05) is 0 Å². The second-order valence-corrected chi connectivity index (χ2v) is 3.46. The topological polar surface area (TPSA) is 76.0 Å². The molecule has 0 radical (unpaired) electrons. The van der Waals surface area contributed by atoms with E-state index < -0.39 is 4.92 Å². The third-order valence-corrected chi connectivity index (χ3v) is 2.63. The number of aromatic amines is 1. The van der Waals surface area contributed by atoms with Gasteiger partial charge >= 0.3 is 5.00 Å². The first-order valence-corrected chi connectivity index (χ1v) is 4.26. The van der Waals surface area contributed by atoms with Gasteiger partial charge < -0.3 is 4.98 Å². The summed E-state index contributed by atoms with van der Waals surface area (Å²) in [5.74, 6) is 0. The van der Waals surface area contributed by atoms with Crippen LogP contribution < -0.4 is 5.43 Å². The fourth-order valence-corrected chi connectivity index (χ4v) is 1.90. The number of nitrogens with zero attached hydrogens (tertiary/aromatic N) is 1. The lowest BCUT2D eigenvalue weighted by Gasteiger charge is -1.83. The average molecular weight is 196 g/mol. The first-order chi connectivity index (χ1) is 6.18. The fourth-order valence-electron chi connectivity index (χ4n) is 1.04. The summed E-state index contributed by atoms with van der Waals surface area (Å²) < 4.78 is 0. The molecule has 0 bridgehead atoms. The minimum Gasteiger partial charge on any atom is -0.353 e. The third kappa shape index (κ3) is 1.20.